The van der Waals surface area contributed by atoms with Crippen LogP contribution in [0.5, 0.6) is 0 Å². The van der Waals surface area contributed by atoms with Gasteiger partial charge in [0.15, 0.2) is 0 Å². The number of rotatable bonds is 0. The van der Waals surface area contributed by atoms with Crippen LogP contribution in [0.3, 0.4) is 0 Å². The molecule has 0 aliphatic carbocycles. The molecule has 0 heterocycles. The summed E-state index contributed by atoms with van der Waals surface area (Å²) in [6.45, 7) is 1.93. The first-order chi connectivity index (χ1) is 1.41. The maximum Gasteiger partial charge on any atom is 0.0402 e. The third kappa shape index (κ3) is 63.1. The van der Waals surface area contributed by atoms with E-state index < -0.39 is 0 Å². The van der Waals surface area contributed by atoms with Crippen molar-refractivity contribution >= 4 is 42.0 Å². The molecule has 6 heavy (non-hydrogen) atoms. The predicted octanol–water partition coefficient (Wildman–Crippen LogP) is -0.785. The van der Waals surface area contributed by atoms with Gasteiger partial charge in [0.05, 0.1) is 0 Å². The van der Waals surface area contributed by atoms with Crippen molar-refractivity contribution in [2.45, 2.75) is 6.92 Å². The van der Waals surface area contributed by atoms with Crippen LogP contribution >= 0.6 is 12.4 Å². The fourth-order valence-corrected chi connectivity index (χ4v) is 0. The SMILES string of the molecule is CCO.Cl.O.[Na]. The standard InChI is InChI=1S/C2H6O.ClH.Na.H2O/c1-2-3;;;/h3H,2H2,1H3;1H;;1H2. The Morgan fingerprint density at radius 2 is 1.50 bits per heavy atom. The van der Waals surface area contributed by atoms with E-state index in [1.165, 1.54) is 0 Å². The van der Waals surface area contributed by atoms with Crippen LogP contribution in [0.4, 0.5) is 0 Å². The molecule has 0 aliphatic rings. The zero-order valence-electron chi connectivity index (χ0n) is 4.06. The molecule has 0 aromatic rings. The van der Waals surface area contributed by atoms with Gasteiger partial charge in [0.1, 0.15) is 0 Å². The first-order valence-corrected chi connectivity index (χ1v) is 1.02. The molecule has 37 valence electrons. The van der Waals surface area contributed by atoms with Crippen LogP contribution in [-0.4, -0.2) is 46.7 Å². The van der Waals surface area contributed by atoms with Gasteiger partial charge in [-0.1, -0.05) is 0 Å². The van der Waals surface area contributed by atoms with Crippen LogP contribution in [0.15, 0.2) is 0 Å². The second-order valence-electron chi connectivity index (χ2n) is 0.316. The van der Waals surface area contributed by atoms with Gasteiger partial charge in [0.2, 0.25) is 0 Å². The number of hydrogen-bond donors (Lipinski definition) is 1. The number of aliphatic hydroxyl groups excluding tert-OH is 1. The summed E-state index contributed by atoms with van der Waals surface area (Å²) in [7, 11) is 0. The van der Waals surface area contributed by atoms with Crippen LogP contribution in [-0.2, 0) is 0 Å². The molecule has 0 rings (SSSR count). The fraction of sp³-hybridized carbons (Fsp3) is 1.00. The van der Waals surface area contributed by atoms with Crippen LogP contribution < -0.4 is 0 Å². The molecule has 0 spiro atoms. The molecule has 0 saturated heterocycles. The van der Waals surface area contributed by atoms with E-state index in [0.29, 0.717) is 0 Å². The summed E-state index contributed by atoms with van der Waals surface area (Å²) >= 11 is 0. The van der Waals surface area contributed by atoms with Crippen molar-refractivity contribution in [3.8, 4) is 0 Å². The van der Waals surface area contributed by atoms with Gasteiger partial charge in [-0.25, -0.2) is 0 Å². The summed E-state index contributed by atoms with van der Waals surface area (Å²) in [4.78, 5) is 0. The summed E-state index contributed by atoms with van der Waals surface area (Å²) < 4.78 is 0. The molecule has 0 amide bonds. The summed E-state index contributed by atoms with van der Waals surface area (Å²) in [6, 6.07) is 0. The van der Waals surface area contributed by atoms with Crippen LogP contribution in [0.1, 0.15) is 6.92 Å². The Kier molecular flexibility index (Phi) is 155. The zero-order chi connectivity index (χ0) is 2.71. The van der Waals surface area contributed by atoms with E-state index in [4.69, 9.17) is 5.11 Å². The number of halogens is 1. The molecule has 0 atom stereocenters. The van der Waals surface area contributed by atoms with E-state index in [2.05, 4.69) is 0 Å². The van der Waals surface area contributed by atoms with Gasteiger partial charge in [0.25, 0.3) is 0 Å². The average Bonchev–Trinajstić information content (AvgIpc) is 0.918. The van der Waals surface area contributed by atoms with Gasteiger partial charge in [-0.15, -0.1) is 12.4 Å². The molecule has 0 aromatic heterocycles. The first kappa shape index (κ1) is 27.0. The monoisotopic (exact) mass is 123 g/mol. The average molecular weight is 124 g/mol. The van der Waals surface area contributed by atoms with Crippen molar-refractivity contribution in [3.05, 3.63) is 0 Å². The summed E-state index contributed by atoms with van der Waals surface area (Å²) in [5.74, 6) is 0. The topological polar surface area (TPSA) is 51.7 Å². The van der Waals surface area contributed by atoms with Crippen LogP contribution in [0, 0.1) is 0 Å². The summed E-state index contributed by atoms with van der Waals surface area (Å²) in [5.41, 5.74) is 0. The van der Waals surface area contributed by atoms with Gasteiger partial charge in [-0.2, -0.15) is 0 Å². The molecule has 0 bridgehead atoms. The molecular weight excluding hydrogens is 114 g/mol. The van der Waals surface area contributed by atoms with Gasteiger partial charge < -0.3 is 10.6 Å². The van der Waals surface area contributed by atoms with E-state index in [9.17, 15) is 0 Å². The Morgan fingerprint density at radius 3 is 1.50 bits per heavy atom. The summed E-state index contributed by atoms with van der Waals surface area (Å²) in [6.07, 6.45) is 0. The first-order valence-electron chi connectivity index (χ1n) is 1.02. The molecule has 1 radical (unpaired) electrons. The predicted molar refractivity (Wildman–Crippen MR) is 29.4 cm³/mol. The van der Waals surface area contributed by atoms with E-state index in [0.717, 1.165) is 0 Å². The van der Waals surface area contributed by atoms with E-state index >= 15 is 0 Å². The van der Waals surface area contributed by atoms with Gasteiger partial charge >= 0.3 is 0 Å². The second-order valence-corrected chi connectivity index (χ2v) is 0.316. The molecule has 0 unspecified atom stereocenters. The Hall–Kier alpha value is 1.21. The minimum Gasteiger partial charge on any atom is -0.412 e. The number of aliphatic hydroxyl groups is 1. The van der Waals surface area contributed by atoms with Crippen molar-refractivity contribution < 1.29 is 10.6 Å². The molecule has 2 nitrogen and oxygen atoms in total. The molecule has 3 N–H and O–H groups in total. The molecule has 0 fully saturated rings. The molecule has 4 heteroatoms. The Bertz CT molecular complexity index is 11.5. The van der Waals surface area contributed by atoms with Crippen LogP contribution in [0.2, 0.25) is 0 Å². The van der Waals surface area contributed by atoms with E-state index in [-0.39, 0.29) is 54.0 Å². The maximum atomic E-state index is 7.57. The minimum atomic E-state index is 0. The van der Waals surface area contributed by atoms with Crippen molar-refractivity contribution in [2.24, 2.45) is 0 Å². The van der Waals surface area contributed by atoms with Crippen LogP contribution in [0.25, 0.3) is 0 Å². The van der Waals surface area contributed by atoms with Crippen molar-refractivity contribution in [3.63, 3.8) is 0 Å². The third-order valence-corrected chi connectivity index (χ3v) is 0. The van der Waals surface area contributed by atoms with Crippen molar-refractivity contribution in [1.82, 2.24) is 0 Å². The Balaban J connectivity index is -0.00000000667. The maximum absolute atomic E-state index is 7.57. The third-order valence-electron chi connectivity index (χ3n) is 0. The Labute approximate surface area is 65.9 Å². The molecular formula is C2H9ClNaO2. The molecule has 0 saturated carbocycles. The fourth-order valence-electron chi connectivity index (χ4n) is 0. The number of hydrogen-bond acceptors (Lipinski definition) is 1. The molecule has 0 aromatic carbocycles. The molecule has 0 aliphatic heterocycles. The minimum absolute atomic E-state index is 0. The van der Waals surface area contributed by atoms with E-state index in [1.54, 1.807) is 6.92 Å². The Morgan fingerprint density at radius 1 is 1.50 bits per heavy atom. The van der Waals surface area contributed by atoms with Crippen molar-refractivity contribution in [2.75, 3.05) is 6.61 Å². The van der Waals surface area contributed by atoms with Gasteiger partial charge in [-0.05, 0) is 6.92 Å². The zero-order valence-corrected chi connectivity index (χ0v) is 6.88. The summed E-state index contributed by atoms with van der Waals surface area (Å²) in [5, 5.41) is 7.57. The smallest absolute Gasteiger partial charge is 0.0402 e. The largest absolute Gasteiger partial charge is 0.412 e. The van der Waals surface area contributed by atoms with Crippen molar-refractivity contribution in [1.29, 1.82) is 0 Å². The van der Waals surface area contributed by atoms with E-state index in [1.807, 2.05) is 0 Å². The van der Waals surface area contributed by atoms with Gasteiger partial charge in [0, 0.05) is 36.2 Å². The quantitative estimate of drug-likeness (QED) is 0.422. The normalized spacial score (nSPS) is 3.00. The second kappa shape index (κ2) is 34.5. The van der Waals surface area contributed by atoms with Gasteiger partial charge in [-0.3, -0.25) is 0 Å².